The number of benzene rings is 2. The van der Waals surface area contributed by atoms with Crippen LogP contribution in [-0.4, -0.2) is 101 Å². The van der Waals surface area contributed by atoms with Crippen molar-refractivity contribution in [1.29, 1.82) is 5.41 Å². The summed E-state index contributed by atoms with van der Waals surface area (Å²) in [6.45, 7) is 5.55. The molecule has 0 bridgehead atoms. The molecular weight excluding hydrogens is 594 g/mol. The molecule has 2 aromatic carbocycles. The minimum Gasteiger partial charge on any atom is -0.454 e. The van der Waals surface area contributed by atoms with E-state index in [4.69, 9.17) is 15.9 Å². The number of aromatic amines is 1. The van der Waals surface area contributed by atoms with Gasteiger partial charge in [0.1, 0.15) is 0 Å². The minimum atomic E-state index is -0.846. The zero-order valence-corrected chi connectivity index (χ0v) is 27.5. The summed E-state index contributed by atoms with van der Waals surface area (Å²) in [5.41, 5.74) is 9.72. The van der Waals surface area contributed by atoms with Gasteiger partial charge in [0.15, 0.2) is 6.10 Å². The van der Waals surface area contributed by atoms with Crippen LogP contribution in [0.5, 0.6) is 0 Å². The number of carbonyl (C=O) groups is 2. The zero-order chi connectivity index (χ0) is 33.2. The summed E-state index contributed by atoms with van der Waals surface area (Å²) in [6.07, 6.45) is 11.1. The Morgan fingerprint density at radius 2 is 1.68 bits per heavy atom. The summed E-state index contributed by atoms with van der Waals surface area (Å²) < 4.78 is 7.00. The molecule has 1 aromatic heterocycles. The summed E-state index contributed by atoms with van der Waals surface area (Å²) in [6, 6.07) is 16.3. The van der Waals surface area contributed by atoms with Gasteiger partial charge in [-0.1, -0.05) is 55.7 Å². The molecular formula is C36H49N7O4. The van der Waals surface area contributed by atoms with Gasteiger partial charge in [-0.25, -0.2) is 4.79 Å². The number of rotatable bonds is 9. The minimum absolute atomic E-state index is 0.00778. The Balaban J connectivity index is 0.000000198. The largest absolute Gasteiger partial charge is 0.454 e. The summed E-state index contributed by atoms with van der Waals surface area (Å²) in [7, 11) is 2.13. The molecule has 3 aromatic rings. The molecule has 2 saturated heterocycles. The van der Waals surface area contributed by atoms with Gasteiger partial charge in [0.2, 0.25) is 0 Å². The molecule has 1 saturated carbocycles. The number of imidazole rings is 1. The maximum Gasteiger partial charge on any atom is 0.326 e. The molecule has 1 amide bonds. The normalized spacial score (nSPS) is 19.0. The van der Waals surface area contributed by atoms with Crippen LogP contribution in [0.4, 0.5) is 5.69 Å². The van der Waals surface area contributed by atoms with Crippen LogP contribution in [0, 0.1) is 5.41 Å². The number of ether oxygens (including phenoxy) is 1. The topological polar surface area (TPSA) is 141 Å². The Bertz CT molecular complexity index is 1520. The number of aromatic nitrogens is 2. The second-order valence-electron chi connectivity index (χ2n) is 13.0. The van der Waals surface area contributed by atoms with E-state index < -0.39 is 6.10 Å². The number of piperidine rings is 1. The van der Waals surface area contributed by atoms with E-state index >= 15 is 0 Å². The molecule has 252 valence electrons. The molecule has 3 heterocycles. The highest BCUT2D eigenvalue weighted by Crippen LogP contribution is 2.25. The van der Waals surface area contributed by atoms with Gasteiger partial charge >= 0.3 is 5.69 Å². The van der Waals surface area contributed by atoms with Gasteiger partial charge in [0.05, 0.1) is 5.69 Å². The molecule has 0 radical (unpaired) electrons. The van der Waals surface area contributed by atoms with E-state index in [9.17, 15) is 14.4 Å². The number of nitrogens with one attached hydrogen (secondary N) is 2. The Morgan fingerprint density at radius 3 is 2.34 bits per heavy atom. The van der Waals surface area contributed by atoms with Gasteiger partial charge in [-0.3, -0.25) is 19.1 Å². The lowest BCUT2D eigenvalue weighted by Crippen LogP contribution is -2.54. The maximum atomic E-state index is 13.0. The molecule has 47 heavy (non-hydrogen) atoms. The smallest absolute Gasteiger partial charge is 0.326 e. The van der Waals surface area contributed by atoms with Crippen molar-refractivity contribution < 1.29 is 14.3 Å². The van der Waals surface area contributed by atoms with Crippen molar-refractivity contribution in [2.24, 2.45) is 0 Å². The number of nitrogens with two attached hydrogens (primary N) is 1. The number of carbonyl (C=O) groups excluding carboxylic acids is 2. The van der Waals surface area contributed by atoms with E-state index in [2.05, 4.69) is 21.8 Å². The lowest BCUT2D eigenvalue weighted by molar-refractivity contribution is -0.152. The number of amides is 1. The summed E-state index contributed by atoms with van der Waals surface area (Å²) >= 11 is 0. The first-order chi connectivity index (χ1) is 22.9. The van der Waals surface area contributed by atoms with Crippen molar-refractivity contribution in [3.05, 3.63) is 76.3 Å². The summed E-state index contributed by atoms with van der Waals surface area (Å²) in [5, 5.41) is 7.42. The Kier molecular flexibility index (Phi) is 12.0. The van der Waals surface area contributed by atoms with E-state index in [0.29, 0.717) is 42.9 Å². The van der Waals surface area contributed by atoms with Crippen molar-refractivity contribution in [3.63, 3.8) is 0 Å². The van der Waals surface area contributed by atoms with Crippen LogP contribution in [0.25, 0.3) is 11.3 Å². The average Bonchev–Trinajstić information content (AvgIpc) is 3.51. The summed E-state index contributed by atoms with van der Waals surface area (Å²) in [5.74, 6) is -0.149. The van der Waals surface area contributed by atoms with Crippen LogP contribution in [-0.2, 0) is 20.7 Å². The van der Waals surface area contributed by atoms with Gasteiger partial charge in [-0.05, 0) is 69.1 Å². The molecule has 4 N–H and O–H groups in total. The molecule has 3 fully saturated rings. The van der Waals surface area contributed by atoms with Gasteiger partial charge in [-0.15, -0.1) is 0 Å². The fraction of sp³-hybridized carbons (Fsp3) is 0.500. The lowest BCUT2D eigenvalue weighted by atomic mass is 9.94. The number of nitrogens with zero attached hydrogens (tertiary/aromatic N) is 4. The molecule has 3 aliphatic rings. The van der Waals surface area contributed by atoms with Crippen LogP contribution >= 0.6 is 0 Å². The zero-order valence-electron chi connectivity index (χ0n) is 27.5. The molecule has 1 atom stereocenters. The highest BCUT2D eigenvalue weighted by molar-refractivity contribution is 5.85. The SMILES string of the molecule is CN1CCC(n2cc(-c3ccccc3)[nH]c2=O)CC1.N=Cc1cc(CC(OC=O)C(=O)N2CCN(C3CCCCC3)CC2)ccc1N. The Labute approximate surface area is 277 Å². The third-order valence-electron chi connectivity index (χ3n) is 9.85. The molecule has 1 aliphatic carbocycles. The van der Waals surface area contributed by atoms with E-state index in [-0.39, 0.29) is 18.0 Å². The highest BCUT2D eigenvalue weighted by atomic mass is 16.5. The number of likely N-dealkylation sites (tertiary alicyclic amines) is 1. The number of nitrogen functional groups attached to an aromatic ring is 1. The van der Waals surface area contributed by atoms with Crippen LogP contribution < -0.4 is 11.4 Å². The van der Waals surface area contributed by atoms with Crippen molar-refractivity contribution in [1.82, 2.24) is 24.3 Å². The second-order valence-corrected chi connectivity index (χ2v) is 13.0. The van der Waals surface area contributed by atoms with E-state index in [1.54, 1.807) is 18.2 Å². The first kappa shape index (κ1) is 34.1. The average molecular weight is 644 g/mol. The molecule has 11 nitrogen and oxygen atoms in total. The number of anilines is 1. The van der Waals surface area contributed by atoms with Crippen LogP contribution in [0.3, 0.4) is 0 Å². The predicted molar refractivity (Wildman–Crippen MR) is 185 cm³/mol. The first-order valence-electron chi connectivity index (χ1n) is 16.9. The molecule has 6 rings (SSSR count). The summed E-state index contributed by atoms with van der Waals surface area (Å²) in [4.78, 5) is 45.6. The van der Waals surface area contributed by atoms with Crippen molar-refractivity contribution >= 4 is 24.3 Å². The number of hydrogen-bond acceptors (Lipinski definition) is 8. The van der Waals surface area contributed by atoms with Crippen molar-refractivity contribution in [3.8, 4) is 11.3 Å². The molecule has 0 spiro atoms. The van der Waals surface area contributed by atoms with Crippen LogP contribution in [0.15, 0.2) is 59.5 Å². The van der Waals surface area contributed by atoms with Gasteiger partial charge in [-0.2, -0.15) is 0 Å². The van der Waals surface area contributed by atoms with Crippen LogP contribution in [0.2, 0.25) is 0 Å². The second kappa shape index (κ2) is 16.6. The third-order valence-corrected chi connectivity index (χ3v) is 9.85. The fourth-order valence-electron chi connectivity index (χ4n) is 7.03. The van der Waals surface area contributed by atoms with Gasteiger partial charge in [0, 0.05) is 68.3 Å². The monoisotopic (exact) mass is 643 g/mol. The van der Waals surface area contributed by atoms with Crippen molar-refractivity contribution in [2.45, 2.75) is 69.6 Å². The molecule has 11 heteroatoms. The van der Waals surface area contributed by atoms with E-state index in [1.165, 1.54) is 38.3 Å². The van der Waals surface area contributed by atoms with E-state index in [0.717, 1.165) is 55.8 Å². The fourth-order valence-corrected chi connectivity index (χ4v) is 7.03. The van der Waals surface area contributed by atoms with Crippen molar-refractivity contribution in [2.75, 3.05) is 52.0 Å². The quantitative estimate of drug-likeness (QED) is 0.182. The third kappa shape index (κ3) is 8.99. The Morgan fingerprint density at radius 1 is 0.979 bits per heavy atom. The van der Waals surface area contributed by atoms with Crippen LogP contribution in [0.1, 0.15) is 62.1 Å². The maximum absolute atomic E-state index is 13.0. The standard InChI is InChI=1S/C21H30N4O3.C15H19N3O/c22-14-17-12-16(6-7-19(17)23)13-20(28-15-26)21(27)25-10-8-24(9-11-25)18-4-2-1-3-5-18;1-17-9-7-13(8-10-17)18-11-14(16-15(18)19)12-5-3-2-4-6-12/h6-7,12,14-15,18,20,22H,1-5,8-11,13,23H2;2-6,11,13H,7-10H2,1H3,(H,16,19). The number of hydrogen-bond donors (Lipinski definition) is 3. The van der Waals surface area contributed by atoms with Gasteiger partial charge in [0.25, 0.3) is 12.4 Å². The predicted octanol–water partition coefficient (Wildman–Crippen LogP) is 3.94. The first-order valence-corrected chi connectivity index (χ1v) is 16.9. The Hall–Kier alpha value is -4.22. The van der Waals surface area contributed by atoms with Gasteiger partial charge < -0.3 is 30.7 Å². The molecule has 1 unspecified atom stereocenters. The molecule has 2 aliphatic heterocycles. The van der Waals surface area contributed by atoms with E-state index in [1.807, 2.05) is 46.0 Å². The number of piperazine rings is 1. The number of H-pyrrole nitrogens is 1. The lowest BCUT2D eigenvalue weighted by Gasteiger charge is -2.41. The highest BCUT2D eigenvalue weighted by Gasteiger charge is 2.31.